The number of amides is 1. The van der Waals surface area contributed by atoms with Crippen molar-refractivity contribution in [2.24, 2.45) is 0 Å². The summed E-state index contributed by atoms with van der Waals surface area (Å²) < 4.78 is 6.98. The van der Waals surface area contributed by atoms with Crippen molar-refractivity contribution in [2.45, 2.75) is 12.5 Å². The van der Waals surface area contributed by atoms with Gasteiger partial charge in [-0.05, 0) is 30.7 Å². The molecule has 3 heterocycles. The van der Waals surface area contributed by atoms with Crippen LogP contribution in [0.2, 0.25) is 0 Å². The van der Waals surface area contributed by atoms with E-state index in [-0.39, 0.29) is 11.9 Å². The van der Waals surface area contributed by atoms with Crippen LogP contribution in [0.15, 0.2) is 48.5 Å². The summed E-state index contributed by atoms with van der Waals surface area (Å²) in [5.74, 6) is 1.77. The average Bonchev–Trinajstić information content (AvgIpc) is 3.35. The van der Waals surface area contributed by atoms with Gasteiger partial charge in [0.25, 0.3) is 0 Å². The maximum absolute atomic E-state index is 12.0. The molecular formula is C20H18N6O2. The first kappa shape index (κ1) is 16.5. The average molecular weight is 374 g/mol. The Morgan fingerprint density at radius 1 is 1.18 bits per heavy atom. The number of ether oxygens (including phenoxy) is 1. The number of carbonyl (C=O) groups excluding carboxylic acids is 1. The second-order valence-electron chi connectivity index (χ2n) is 6.63. The molecule has 2 N–H and O–H groups in total. The Balaban J connectivity index is 1.69. The van der Waals surface area contributed by atoms with Crippen molar-refractivity contribution in [1.82, 2.24) is 24.9 Å². The quantitative estimate of drug-likeness (QED) is 0.569. The zero-order valence-corrected chi connectivity index (χ0v) is 15.2. The monoisotopic (exact) mass is 374 g/mol. The van der Waals surface area contributed by atoms with E-state index in [0.29, 0.717) is 30.4 Å². The third-order valence-corrected chi connectivity index (χ3v) is 4.86. The van der Waals surface area contributed by atoms with Gasteiger partial charge in [0.1, 0.15) is 11.8 Å². The third kappa shape index (κ3) is 2.70. The van der Waals surface area contributed by atoms with Crippen LogP contribution in [-0.2, 0) is 4.79 Å². The van der Waals surface area contributed by atoms with Crippen LogP contribution < -0.4 is 15.4 Å². The number of aromatic nitrogens is 4. The molecule has 0 spiro atoms. The summed E-state index contributed by atoms with van der Waals surface area (Å²) in [5, 5.41) is 11.6. The number of carbonyl (C=O) groups is 1. The van der Waals surface area contributed by atoms with E-state index in [1.807, 2.05) is 48.5 Å². The standard InChI is InChI=1S/C20H18N6O2/c1-28-13-6-4-5-12(11-13)17-24-18-14-7-2-3-8-15(14)22-20(26(18)25-17)23-16-9-10-21-19(16)27/h2-8,11,16H,9-10H2,1H3,(H,21,27)(H,22,23)/t16-/m0/s1. The summed E-state index contributed by atoms with van der Waals surface area (Å²) in [6, 6.07) is 15.0. The Bertz CT molecular complexity index is 1200. The first-order chi connectivity index (χ1) is 13.7. The lowest BCUT2D eigenvalue weighted by Gasteiger charge is -2.12. The summed E-state index contributed by atoms with van der Waals surface area (Å²) in [6.45, 7) is 0.652. The molecule has 8 nitrogen and oxygen atoms in total. The summed E-state index contributed by atoms with van der Waals surface area (Å²) in [5.41, 5.74) is 2.32. The Morgan fingerprint density at radius 3 is 2.89 bits per heavy atom. The zero-order valence-electron chi connectivity index (χ0n) is 15.2. The normalized spacial score (nSPS) is 16.5. The fourth-order valence-corrected chi connectivity index (χ4v) is 3.42. The number of fused-ring (bicyclic) bond motifs is 3. The molecule has 2 aromatic heterocycles. The minimum Gasteiger partial charge on any atom is -0.497 e. The van der Waals surface area contributed by atoms with Crippen molar-refractivity contribution in [3.63, 3.8) is 0 Å². The van der Waals surface area contributed by atoms with Crippen molar-refractivity contribution in [3.05, 3.63) is 48.5 Å². The van der Waals surface area contributed by atoms with E-state index in [9.17, 15) is 4.79 Å². The predicted octanol–water partition coefficient (Wildman–Crippen LogP) is 2.25. The Labute approximate surface area is 160 Å². The highest BCUT2D eigenvalue weighted by Crippen LogP contribution is 2.26. The van der Waals surface area contributed by atoms with Crippen molar-refractivity contribution in [2.75, 3.05) is 19.0 Å². The summed E-state index contributed by atoms with van der Waals surface area (Å²) in [6.07, 6.45) is 0.701. The summed E-state index contributed by atoms with van der Waals surface area (Å²) >= 11 is 0. The Hall–Kier alpha value is -3.68. The first-order valence-corrected chi connectivity index (χ1v) is 9.07. The van der Waals surface area contributed by atoms with E-state index in [1.54, 1.807) is 11.6 Å². The van der Waals surface area contributed by atoms with Crippen molar-refractivity contribution < 1.29 is 9.53 Å². The van der Waals surface area contributed by atoms with Crippen LogP contribution in [0.1, 0.15) is 6.42 Å². The molecule has 0 aliphatic carbocycles. The van der Waals surface area contributed by atoms with Crippen molar-refractivity contribution in [3.8, 4) is 17.1 Å². The molecule has 1 saturated heterocycles. The molecule has 2 aromatic carbocycles. The van der Waals surface area contributed by atoms with Crippen LogP contribution in [0.5, 0.6) is 5.75 Å². The van der Waals surface area contributed by atoms with Gasteiger partial charge < -0.3 is 15.4 Å². The van der Waals surface area contributed by atoms with Crippen LogP contribution in [0.4, 0.5) is 5.95 Å². The number of methoxy groups -OCH3 is 1. The predicted molar refractivity (Wildman–Crippen MR) is 105 cm³/mol. The molecule has 0 saturated carbocycles. The molecule has 28 heavy (non-hydrogen) atoms. The first-order valence-electron chi connectivity index (χ1n) is 9.07. The molecule has 1 amide bonds. The van der Waals surface area contributed by atoms with Gasteiger partial charge in [0.05, 0.1) is 12.6 Å². The Morgan fingerprint density at radius 2 is 2.07 bits per heavy atom. The minimum absolute atomic E-state index is 0.0313. The molecular weight excluding hydrogens is 356 g/mol. The highest BCUT2D eigenvalue weighted by atomic mass is 16.5. The second kappa shape index (κ2) is 6.49. The smallest absolute Gasteiger partial charge is 0.242 e. The van der Waals surface area contributed by atoms with Crippen LogP contribution in [-0.4, -0.2) is 45.2 Å². The maximum atomic E-state index is 12.0. The van der Waals surface area contributed by atoms with Gasteiger partial charge in [0.15, 0.2) is 11.5 Å². The second-order valence-corrected chi connectivity index (χ2v) is 6.63. The molecule has 4 aromatic rings. The number of para-hydroxylation sites is 1. The van der Waals surface area contributed by atoms with Gasteiger partial charge in [-0.2, -0.15) is 4.52 Å². The molecule has 8 heteroatoms. The zero-order chi connectivity index (χ0) is 19.1. The fourth-order valence-electron chi connectivity index (χ4n) is 3.42. The summed E-state index contributed by atoms with van der Waals surface area (Å²) in [7, 11) is 1.63. The molecule has 0 unspecified atom stereocenters. The molecule has 0 radical (unpaired) electrons. The van der Waals surface area contributed by atoms with Crippen LogP contribution in [0.25, 0.3) is 27.9 Å². The van der Waals surface area contributed by atoms with E-state index in [1.165, 1.54) is 0 Å². The molecule has 5 rings (SSSR count). The summed E-state index contributed by atoms with van der Waals surface area (Å²) in [4.78, 5) is 21.5. The maximum Gasteiger partial charge on any atom is 0.242 e. The van der Waals surface area contributed by atoms with Gasteiger partial charge in [0, 0.05) is 17.5 Å². The van der Waals surface area contributed by atoms with Crippen molar-refractivity contribution in [1.29, 1.82) is 0 Å². The number of hydrogen-bond donors (Lipinski definition) is 2. The van der Waals surface area contributed by atoms with Gasteiger partial charge >= 0.3 is 0 Å². The fraction of sp³-hybridized carbons (Fsp3) is 0.200. The lowest BCUT2D eigenvalue weighted by atomic mass is 10.2. The molecule has 140 valence electrons. The van der Waals surface area contributed by atoms with E-state index in [0.717, 1.165) is 22.2 Å². The van der Waals surface area contributed by atoms with E-state index in [4.69, 9.17) is 9.72 Å². The number of nitrogens with zero attached hydrogens (tertiary/aromatic N) is 4. The van der Waals surface area contributed by atoms with Gasteiger partial charge in [-0.1, -0.05) is 24.3 Å². The van der Waals surface area contributed by atoms with Gasteiger partial charge in [-0.25, -0.2) is 9.97 Å². The molecule has 0 bridgehead atoms. The number of benzene rings is 2. The van der Waals surface area contributed by atoms with E-state index >= 15 is 0 Å². The number of nitrogens with one attached hydrogen (secondary N) is 2. The van der Waals surface area contributed by atoms with Crippen molar-refractivity contribution >= 4 is 28.4 Å². The number of rotatable bonds is 4. The topological polar surface area (TPSA) is 93.4 Å². The highest BCUT2D eigenvalue weighted by molar-refractivity contribution is 5.93. The largest absolute Gasteiger partial charge is 0.497 e. The third-order valence-electron chi connectivity index (χ3n) is 4.86. The molecule has 1 aliphatic heterocycles. The SMILES string of the molecule is COc1cccc(-c2nc3c4ccccc4nc(N[C@H]4CCNC4=O)n3n2)c1. The van der Waals surface area contributed by atoms with E-state index < -0.39 is 0 Å². The number of anilines is 1. The van der Waals surface area contributed by atoms with Gasteiger partial charge in [-0.15, -0.1) is 5.10 Å². The lowest BCUT2D eigenvalue weighted by molar-refractivity contribution is -0.119. The molecule has 1 atom stereocenters. The Kier molecular flexibility index (Phi) is 3.82. The van der Waals surface area contributed by atoms with Gasteiger partial charge in [0.2, 0.25) is 11.9 Å². The minimum atomic E-state index is -0.332. The molecule has 1 fully saturated rings. The molecule has 1 aliphatic rings. The highest BCUT2D eigenvalue weighted by Gasteiger charge is 2.26. The number of hydrogen-bond acceptors (Lipinski definition) is 6. The lowest BCUT2D eigenvalue weighted by Crippen LogP contribution is -2.30. The van der Waals surface area contributed by atoms with Crippen LogP contribution in [0.3, 0.4) is 0 Å². The van der Waals surface area contributed by atoms with Crippen LogP contribution in [0, 0.1) is 0 Å². The van der Waals surface area contributed by atoms with Crippen LogP contribution >= 0.6 is 0 Å². The van der Waals surface area contributed by atoms with E-state index in [2.05, 4.69) is 20.7 Å². The van der Waals surface area contributed by atoms with Gasteiger partial charge in [-0.3, -0.25) is 4.79 Å².